The summed E-state index contributed by atoms with van der Waals surface area (Å²) in [5.41, 5.74) is 0. The van der Waals surface area contributed by atoms with Gasteiger partial charge in [-0.15, -0.1) is 0 Å². The summed E-state index contributed by atoms with van der Waals surface area (Å²) < 4.78 is 26.6. The van der Waals surface area contributed by atoms with Gasteiger partial charge in [0, 0.05) is 29.2 Å². The molecule has 4 aromatic carbocycles. The lowest BCUT2D eigenvalue weighted by molar-refractivity contribution is 1.31. The van der Waals surface area contributed by atoms with Crippen molar-refractivity contribution in [1.82, 2.24) is 0 Å². The van der Waals surface area contributed by atoms with Crippen molar-refractivity contribution in [3.8, 4) is 0 Å². The van der Waals surface area contributed by atoms with Crippen LogP contribution in [0, 0.1) is 9.39 Å². The van der Waals surface area contributed by atoms with Gasteiger partial charge in [0.25, 0.3) is 0 Å². The van der Waals surface area contributed by atoms with Gasteiger partial charge in [-0.1, -0.05) is 72.8 Å². The molecule has 0 unspecified atom stereocenters. The minimum absolute atomic E-state index is 0.724. The van der Waals surface area contributed by atoms with Crippen molar-refractivity contribution in [2.24, 2.45) is 3.77 Å². The molecule has 0 atom stereocenters. The number of benzene rings is 4. The molecule has 0 aromatic heterocycles. The molecule has 0 aliphatic carbocycles. The molecule has 5 heteroatoms. The number of rotatable bonds is 2. The maximum atomic E-state index is 12.0. The third kappa shape index (κ3) is 3.76. The summed E-state index contributed by atoms with van der Waals surface area (Å²) in [5, 5.41) is 0. The molecule has 3 nitrogen and oxygen atoms in total. The van der Waals surface area contributed by atoms with Crippen LogP contribution in [0.15, 0.2) is 145 Å². The summed E-state index contributed by atoms with van der Waals surface area (Å²) in [5.74, 6) is 0. The number of nitrogens with one attached hydrogen (secondary N) is 1. The Morgan fingerprint density at radius 1 is 0.483 bits per heavy atom. The minimum atomic E-state index is -2.78. The average Bonchev–Trinajstić information content (AvgIpc) is 2.81. The highest BCUT2D eigenvalue weighted by Crippen LogP contribution is 2.53. The van der Waals surface area contributed by atoms with Gasteiger partial charge in [-0.05, 0) is 48.5 Å². The fraction of sp³-hybridized carbons (Fsp3) is 0. The lowest BCUT2D eigenvalue weighted by Gasteiger charge is -2.21. The Bertz CT molecular complexity index is 1220. The van der Waals surface area contributed by atoms with E-state index in [0.29, 0.717) is 0 Å². The Labute approximate surface area is 173 Å². The molecule has 0 spiro atoms. The van der Waals surface area contributed by atoms with E-state index in [1.54, 1.807) is 0 Å². The molecule has 4 aromatic rings. The highest BCUT2D eigenvalue weighted by Gasteiger charge is 2.23. The monoisotopic (exact) mass is 415 g/mol. The minimum Gasteiger partial charge on any atom is -0.261 e. The quantitative estimate of drug-likeness (QED) is 0.361. The van der Waals surface area contributed by atoms with Crippen LogP contribution in [0.25, 0.3) is 0 Å². The molecule has 4 rings (SSSR count). The van der Waals surface area contributed by atoms with Gasteiger partial charge >= 0.3 is 0 Å². The van der Waals surface area contributed by atoms with Gasteiger partial charge in [-0.25, -0.2) is 0 Å². The molecule has 0 aliphatic heterocycles. The molecule has 0 aliphatic rings. The third-order valence-electron chi connectivity index (χ3n) is 4.53. The van der Waals surface area contributed by atoms with Gasteiger partial charge in [-0.3, -0.25) is 4.78 Å². The van der Waals surface area contributed by atoms with Crippen LogP contribution in [-0.2, 0) is 9.62 Å². The fourth-order valence-electron chi connectivity index (χ4n) is 3.06. The van der Waals surface area contributed by atoms with Crippen molar-refractivity contribution in [3.63, 3.8) is 0 Å². The fourth-order valence-corrected chi connectivity index (χ4v) is 8.45. The third-order valence-corrected chi connectivity index (χ3v) is 10.1. The van der Waals surface area contributed by atoms with Gasteiger partial charge < -0.3 is 0 Å². The van der Waals surface area contributed by atoms with Crippen LogP contribution in [0.5, 0.6) is 0 Å². The van der Waals surface area contributed by atoms with Crippen molar-refractivity contribution in [2.75, 3.05) is 0 Å². The Morgan fingerprint density at radius 3 is 1.07 bits per heavy atom. The van der Waals surface area contributed by atoms with Crippen LogP contribution in [0.4, 0.5) is 0 Å². The zero-order valence-corrected chi connectivity index (χ0v) is 17.4. The molecule has 0 bridgehead atoms. The second-order valence-electron chi connectivity index (χ2n) is 6.46. The van der Waals surface area contributed by atoms with Crippen molar-refractivity contribution in [1.29, 1.82) is 9.39 Å². The molecule has 0 amide bonds. The standard InChI is InChI=1S/C24H21N3S2/c25-28(21-13-5-1-6-14-21,22-15-7-2-8-16-22)27-29(26,23-17-9-3-10-18-23)24-19-11-4-12-20-24/h1-20,25H. The maximum Gasteiger partial charge on any atom is 0.0926 e. The number of nitrogens with zero attached hydrogens (tertiary/aromatic N) is 2. The first-order chi connectivity index (χ1) is 14.1. The predicted molar refractivity (Wildman–Crippen MR) is 121 cm³/mol. The molecule has 0 saturated carbocycles. The first-order valence-corrected chi connectivity index (χ1v) is 12.3. The van der Waals surface area contributed by atoms with Crippen molar-refractivity contribution >= 4 is 19.5 Å². The summed E-state index contributed by atoms with van der Waals surface area (Å²) in [7, 11) is -5.36. The van der Waals surface area contributed by atoms with Crippen molar-refractivity contribution in [2.45, 2.75) is 19.6 Å². The van der Waals surface area contributed by atoms with Gasteiger partial charge in [0.2, 0.25) is 0 Å². The molecule has 0 saturated heterocycles. The molecule has 0 fully saturated rings. The Kier molecular flexibility index (Phi) is 5.36. The van der Waals surface area contributed by atoms with E-state index < -0.39 is 19.5 Å². The highest BCUT2D eigenvalue weighted by atomic mass is 32.3. The molecule has 0 heterocycles. The van der Waals surface area contributed by atoms with E-state index in [2.05, 4.69) is 0 Å². The van der Waals surface area contributed by atoms with Crippen LogP contribution in [0.3, 0.4) is 0 Å². The molecule has 144 valence electrons. The molecular formula is C24H21N3S2. The zero-order valence-electron chi connectivity index (χ0n) is 15.8. The molecule has 0 radical (unpaired) electrons. The van der Waals surface area contributed by atoms with Gasteiger partial charge in [0.15, 0.2) is 0 Å². The Hall–Kier alpha value is -3.11. The van der Waals surface area contributed by atoms with E-state index >= 15 is 0 Å². The number of hydrogen-bond acceptors (Lipinski definition) is 3. The Morgan fingerprint density at radius 2 is 0.759 bits per heavy atom. The normalized spacial score (nSPS) is 11.7. The van der Waals surface area contributed by atoms with Crippen molar-refractivity contribution in [3.05, 3.63) is 121 Å². The smallest absolute Gasteiger partial charge is 0.0926 e. The van der Waals surface area contributed by atoms with Gasteiger partial charge in [0.05, 0.1) is 9.84 Å². The van der Waals surface area contributed by atoms with Crippen LogP contribution in [0.1, 0.15) is 0 Å². The topological polar surface area (TPSA) is 60.0 Å². The molecule has 29 heavy (non-hydrogen) atoms. The van der Waals surface area contributed by atoms with Crippen LogP contribution in [-0.4, -0.2) is 0 Å². The largest absolute Gasteiger partial charge is 0.261 e. The first-order valence-electron chi connectivity index (χ1n) is 9.21. The van der Waals surface area contributed by atoms with E-state index in [1.807, 2.05) is 121 Å². The summed E-state index contributed by atoms with van der Waals surface area (Å²) >= 11 is 0. The summed E-state index contributed by atoms with van der Waals surface area (Å²) in [6, 6.07) is 38.3. The van der Waals surface area contributed by atoms with Crippen LogP contribution in [0.2, 0.25) is 0 Å². The summed E-state index contributed by atoms with van der Waals surface area (Å²) in [6.07, 6.45) is 0. The number of hydrogen-bond donors (Lipinski definition) is 1. The predicted octanol–water partition coefficient (Wildman–Crippen LogP) is 7.52. The summed E-state index contributed by atoms with van der Waals surface area (Å²) in [6.45, 7) is 0. The van der Waals surface area contributed by atoms with E-state index in [4.69, 9.17) is 3.77 Å². The lowest BCUT2D eigenvalue weighted by atomic mass is 10.4. The molecular weight excluding hydrogens is 394 g/mol. The SMILES string of the molecule is N#S(N=S(=N)(c1ccccc1)c1ccccc1)(c1ccccc1)c1ccccc1. The van der Waals surface area contributed by atoms with E-state index in [9.17, 15) is 9.39 Å². The van der Waals surface area contributed by atoms with E-state index in [0.717, 1.165) is 19.6 Å². The first kappa shape index (κ1) is 19.2. The summed E-state index contributed by atoms with van der Waals surface area (Å²) in [4.78, 5) is 3.04. The zero-order chi connectivity index (χ0) is 20.2. The average molecular weight is 416 g/mol. The second kappa shape index (κ2) is 8.10. The van der Waals surface area contributed by atoms with Crippen LogP contribution < -0.4 is 0 Å². The Balaban J connectivity index is 2.09. The van der Waals surface area contributed by atoms with Gasteiger partial charge in [-0.2, -0.15) is 8.38 Å². The van der Waals surface area contributed by atoms with Crippen molar-refractivity contribution < 1.29 is 0 Å². The maximum absolute atomic E-state index is 12.0. The van der Waals surface area contributed by atoms with Crippen LogP contribution >= 0.6 is 9.84 Å². The lowest BCUT2D eigenvalue weighted by Crippen LogP contribution is -2.01. The highest BCUT2D eigenvalue weighted by molar-refractivity contribution is 8.24. The van der Waals surface area contributed by atoms with Gasteiger partial charge in [0.1, 0.15) is 0 Å². The molecule has 1 N–H and O–H groups in total. The van der Waals surface area contributed by atoms with E-state index in [1.165, 1.54) is 0 Å². The van der Waals surface area contributed by atoms with E-state index in [-0.39, 0.29) is 0 Å². The second-order valence-corrected chi connectivity index (χ2v) is 11.2.